The number of anilines is 1. The normalized spacial score (nSPS) is 17.4. The standard InChI is InChI=1S/C16H24N2O/c1-13(19)15-3-5-16(6-4-15)17-10-7-14-8-11-18(2)12-9-14/h3-6,14,17H,7-12H2,1-2H3. The summed E-state index contributed by atoms with van der Waals surface area (Å²) in [5.74, 6) is 0.984. The third-order valence-corrected chi connectivity index (χ3v) is 4.01. The van der Waals surface area contributed by atoms with Crippen molar-refractivity contribution in [2.24, 2.45) is 5.92 Å². The first-order valence-electron chi connectivity index (χ1n) is 7.18. The summed E-state index contributed by atoms with van der Waals surface area (Å²) in [6, 6.07) is 7.76. The van der Waals surface area contributed by atoms with Crippen LogP contribution < -0.4 is 5.32 Å². The lowest BCUT2D eigenvalue weighted by atomic mass is 9.94. The van der Waals surface area contributed by atoms with E-state index in [4.69, 9.17) is 0 Å². The topological polar surface area (TPSA) is 32.3 Å². The van der Waals surface area contributed by atoms with E-state index in [1.807, 2.05) is 24.3 Å². The van der Waals surface area contributed by atoms with Gasteiger partial charge in [0.2, 0.25) is 0 Å². The Kier molecular flexibility index (Phi) is 4.97. The van der Waals surface area contributed by atoms with Crippen LogP contribution in [0.4, 0.5) is 5.69 Å². The highest BCUT2D eigenvalue weighted by molar-refractivity contribution is 5.94. The average molecular weight is 260 g/mol. The summed E-state index contributed by atoms with van der Waals surface area (Å²) in [6.07, 6.45) is 3.88. The molecule has 1 aromatic carbocycles. The van der Waals surface area contributed by atoms with Gasteiger partial charge in [0.1, 0.15) is 0 Å². The monoisotopic (exact) mass is 260 g/mol. The van der Waals surface area contributed by atoms with Crippen LogP contribution in [0.5, 0.6) is 0 Å². The molecule has 1 fully saturated rings. The minimum absolute atomic E-state index is 0.123. The second-order valence-corrected chi connectivity index (χ2v) is 5.60. The molecule has 1 aliphatic rings. The van der Waals surface area contributed by atoms with E-state index in [1.54, 1.807) is 6.92 Å². The van der Waals surface area contributed by atoms with E-state index in [-0.39, 0.29) is 5.78 Å². The lowest BCUT2D eigenvalue weighted by Gasteiger charge is -2.29. The number of carbonyl (C=O) groups is 1. The zero-order valence-corrected chi connectivity index (χ0v) is 12.0. The molecule has 0 bridgehead atoms. The van der Waals surface area contributed by atoms with Gasteiger partial charge in [-0.05, 0) is 76.5 Å². The Balaban J connectivity index is 1.72. The summed E-state index contributed by atoms with van der Waals surface area (Å²) in [4.78, 5) is 13.6. The molecule has 1 saturated heterocycles. The van der Waals surface area contributed by atoms with Crippen LogP contribution in [0.25, 0.3) is 0 Å². The minimum Gasteiger partial charge on any atom is -0.385 e. The second-order valence-electron chi connectivity index (χ2n) is 5.60. The van der Waals surface area contributed by atoms with Gasteiger partial charge in [0.25, 0.3) is 0 Å². The Morgan fingerprint density at radius 2 is 1.89 bits per heavy atom. The molecule has 0 radical (unpaired) electrons. The van der Waals surface area contributed by atoms with E-state index >= 15 is 0 Å². The Hall–Kier alpha value is -1.35. The number of piperidine rings is 1. The van der Waals surface area contributed by atoms with E-state index in [0.29, 0.717) is 0 Å². The molecule has 0 saturated carbocycles. The van der Waals surface area contributed by atoms with Gasteiger partial charge >= 0.3 is 0 Å². The molecule has 2 rings (SSSR count). The van der Waals surface area contributed by atoms with Crippen LogP contribution in [0.15, 0.2) is 24.3 Å². The number of ketones is 1. The maximum atomic E-state index is 11.2. The molecule has 0 aromatic heterocycles. The number of nitrogens with zero attached hydrogens (tertiary/aromatic N) is 1. The summed E-state index contributed by atoms with van der Waals surface area (Å²) in [5, 5.41) is 3.44. The first-order valence-corrected chi connectivity index (χ1v) is 7.18. The lowest BCUT2D eigenvalue weighted by molar-refractivity contribution is 0.101. The number of benzene rings is 1. The molecule has 0 aliphatic carbocycles. The molecule has 1 aliphatic heterocycles. The van der Waals surface area contributed by atoms with Crippen LogP contribution in [0, 0.1) is 5.92 Å². The first kappa shape index (κ1) is 14.1. The quantitative estimate of drug-likeness (QED) is 0.826. The Morgan fingerprint density at radius 1 is 1.26 bits per heavy atom. The van der Waals surface area contributed by atoms with Gasteiger partial charge in [0.05, 0.1) is 0 Å². The third kappa shape index (κ3) is 4.35. The van der Waals surface area contributed by atoms with Crippen molar-refractivity contribution >= 4 is 11.5 Å². The summed E-state index contributed by atoms with van der Waals surface area (Å²) in [7, 11) is 2.20. The van der Waals surface area contributed by atoms with Gasteiger partial charge in [-0.1, -0.05) is 0 Å². The summed E-state index contributed by atoms with van der Waals surface area (Å²) < 4.78 is 0. The van der Waals surface area contributed by atoms with Gasteiger partial charge in [0, 0.05) is 17.8 Å². The molecule has 19 heavy (non-hydrogen) atoms. The fourth-order valence-electron chi connectivity index (χ4n) is 2.59. The lowest BCUT2D eigenvalue weighted by Crippen LogP contribution is -2.30. The average Bonchev–Trinajstić information content (AvgIpc) is 2.41. The fraction of sp³-hybridized carbons (Fsp3) is 0.562. The Labute approximate surface area is 116 Å². The van der Waals surface area contributed by atoms with Crippen LogP contribution >= 0.6 is 0 Å². The SMILES string of the molecule is CC(=O)c1ccc(NCCC2CCN(C)CC2)cc1. The molecule has 0 atom stereocenters. The van der Waals surface area contributed by atoms with Gasteiger partial charge < -0.3 is 10.2 Å². The second kappa shape index (κ2) is 6.71. The molecule has 104 valence electrons. The number of carbonyl (C=O) groups excluding carboxylic acids is 1. The number of hydrogen-bond acceptors (Lipinski definition) is 3. The van der Waals surface area contributed by atoms with Crippen LogP contribution in [0.1, 0.15) is 36.5 Å². The summed E-state index contributed by atoms with van der Waals surface area (Å²) in [6.45, 7) is 5.09. The van der Waals surface area contributed by atoms with Crippen molar-refractivity contribution in [3.63, 3.8) is 0 Å². The highest BCUT2D eigenvalue weighted by Crippen LogP contribution is 2.19. The van der Waals surface area contributed by atoms with Gasteiger partial charge in [-0.25, -0.2) is 0 Å². The van der Waals surface area contributed by atoms with Crippen molar-refractivity contribution in [3.05, 3.63) is 29.8 Å². The molecule has 3 nitrogen and oxygen atoms in total. The fourth-order valence-corrected chi connectivity index (χ4v) is 2.59. The summed E-state index contributed by atoms with van der Waals surface area (Å²) >= 11 is 0. The van der Waals surface area contributed by atoms with Crippen LogP contribution in [-0.2, 0) is 0 Å². The van der Waals surface area contributed by atoms with E-state index in [9.17, 15) is 4.79 Å². The number of hydrogen-bond donors (Lipinski definition) is 1. The smallest absolute Gasteiger partial charge is 0.159 e. The van der Waals surface area contributed by atoms with E-state index in [0.717, 1.165) is 23.7 Å². The molecule has 0 amide bonds. The molecule has 1 heterocycles. The van der Waals surface area contributed by atoms with Crippen molar-refractivity contribution in [1.82, 2.24) is 4.90 Å². The number of rotatable bonds is 5. The molecular weight excluding hydrogens is 236 g/mol. The van der Waals surface area contributed by atoms with Crippen LogP contribution in [0.2, 0.25) is 0 Å². The predicted molar refractivity (Wildman–Crippen MR) is 79.8 cm³/mol. The van der Waals surface area contributed by atoms with E-state index < -0.39 is 0 Å². The number of likely N-dealkylation sites (tertiary alicyclic amines) is 1. The Bertz CT molecular complexity index is 405. The van der Waals surface area contributed by atoms with Crippen molar-refractivity contribution < 1.29 is 4.79 Å². The predicted octanol–water partition coefficient (Wildman–Crippen LogP) is 3.03. The van der Waals surface area contributed by atoms with Crippen molar-refractivity contribution in [1.29, 1.82) is 0 Å². The first-order chi connectivity index (χ1) is 9.15. The van der Waals surface area contributed by atoms with Crippen LogP contribution in [-0.4, -0.2) is 37.4 Å². The summed E-state index contributed by atoms with van der Waals surface area (Å²) in [5.41, 5.74) is 1.89. The maximum absolute atomic E-state index is 11.2. The van der Waals surface area contributed by atoms with Crippen molar-refractivity contribution in [2.75, 3.05) is 32.0 Å². The van der Waals surface area contributed by atoms with Gasteiger partial charge in [-0.2, -0.15) is 0 Å². The molecule has 1 N–H and O–H groups in total. The highest BCUT2D eigenvalue weighted by atomic mass is 16.1. The third-order valence-electron chi connectivity index (χ3n) is 4.01. The van der Waals surface area contributed by atoms with Gasteiger partial charge in [-0.15, -0.1) is 0 Å². The molecular formula is C16H24N2O. The minimum atomic E-state index is 0.123. The molecule has 0 unspecified atom stereocenters. The number of nitrogens with one attached hydrogen (secondary N) is 1. The highest BCUT2D eigenvalue weighted by Gasteiger charge is 2.15. The number of Topliss-reactive ketones (excluding diaryl/α,β-unsaturated/α-hetero) is 1. The van der Waals surface area contributed by atoms with Crippen molar-refractivity contribution in [3.8, 4) is 0 Å². The largest absolute Gasteiger partial charge is 0.385 e. The zero-order chi connectivity index (χ0) is 13.7. The van der Waals surface area contributed by atoms with E-state index in [2.05, 4.69) is 17.3 Å². The maximum Gasteiger partial charge on any atom is 0.159 e. The van der Waals surface area contributed by atoms with Gasteiger partial charge in [0.15, 0.2) is 5.78 Å². The van der Waals surface area contributed by atoms with Crippen molar-refractivity contribution in [2.45, 2.75) is 26.2 Å². The van der Waals surface area contributed by atoms with Gasteiger partial charge in [-0.3, -0.25) is 4.79 Å². The Morgan fingerprint density at radius 3 is 2.47 bits per heavy atom. The van der Waals surface area contributed by atoms with Crippen LogP contribution in [0.3, 0.4) is 0 Å². The molecule has 1 aromatic rings. The molecule has 3 heteroatoms. The zero-order valence-electron chi connectivity index (χ0n) is 12.0. The van der Waals surface area contributed by atoms with E-state index in [1.165, 1.54) is 32.4 Å². The molecule has 0 spiro atoms.